The average Bonchev–Trinajstić information content (AvgIpc) is 2.69. The summed E-state index contributed by atoms with van der Waals surface area (Å²) in [5.41, 5.74) is 3.51. The zero-order valence-corrected chi connectivity index (χ0v) is 15.6. The summed E-state index contributed by atoms with van der Waals surface area (Å²) in [4.78, 5) is 15.0. The second-order valence-corrected chi connectivity index (χ2v) is 7.58. The van der Waals surface area contributed by atoms with Gasteiger partial charge in [-0.2, -0.15) is 11.8 Å². The smallest absolute Gasteiger partial charge is 0.227 e. The molecule has 1 aliphatic rings. The Bertz CT molecular complexity index is 666. The second-order valence-electron chi connectivity index (χ2n) is 6.36. The zero-order valence-electron chi connectivity index (χ0n) is 14.8. The van der Waals surface area contributed by atoms with Crippen LogP contribution >= 0.6 is 11.8 Å². The summed E-state index contributed by atoms with van der Waals surface area (Å²) in [6.07, 6.45) is 0.807. The van der Waals surface area contributed by atoms with E-state index in [1.54, 1.807) is 0 Å². The van der Waals surface area contributed by atoms with Gasteiger partial charge in [0, 0.05) is 36.8 Å². The van der Waals surface area contributed by atoms with Crippen LogP contribution in [0.4, 0.5) is 5.69 Å². The number of amides is 1. The molecule has 0 spiro atoms. The van der Waals surface area contributed by atoms with Gasteiger partial charge in [-0.3, -0.25) is 4.79 Å². The van der Waals surface area contributed by atoms with Crippen molar-refractivity contribution in [3.05, 3.63) is 65.7 Å². The first-order chi connectivity index (χ1) is 12.3. The fourth-order valence-corrected chi connectivity index (χ4v) is 4.12. The molecule has 1 aliphatic heterocycles. The Morgan fingerprint density at radius 3 is 2.40 bits per heavy atom. The van der Waals surface area contributed by atoms with Crippen molar-refractivity contribution in [2.24, 2.45) is 0 Å². The molecule has 0 saturated carbocycles. The molecule has 0 unspecified atom stereocenters. The van der Waals surface area contributed by atoms with E-state index in [9.17, 15) is 4.79 Å². The molecule has 3 nitrogen and oxygen atoms in total. The number of rotatable bonds is 6. The van der Waals surface area contributed by atoms with Crippen LogP contribution in [0.25, 0.3) is 0 Å². The molecule has 1 saturated heterocycles. The van der Waals surface area contributed by atoms with Gasteiger partial charge in [-0.1, -0.05) is 49.4 Å². The Labute approximate surface area is 154 Å². The maximum atomic E-state index is 12.5. The fraction of sp³-hybridized carbons (Fsp3) is 0.381. The van der Waals surface area contributed by atoms with Crippen molar-refractivity contribution in [1.82, 2.24) is 5.32 Å². The summed E-state index contributed by atoms with van der Waals surface area (Å²) >= 11 is 2.02. The largest absolute Gasteiger partial charge is 0.370 e. The second kappa shape index (κ2) is 8.95. The first-order valence-corrected chi connectivity index (χ1v) is 10.2. The molecule has 25 heavy (non-hydrogen) atoms. The predicted octanol–water partition coefficient (Wildman–Crippen LogP) is 4.05. The zero-order chi connectivity index (χ0) is 17.5. The lowest BCUT2D eigenvalue weighted by Crippen LogP contribution is -2.32. The van der Waals surface area contributed by atoms with Gasteiger partial charge in [-0.15, -0.1) is 0 Å². The Morgan fingerprint density at radius 1 is 1.08 bits per heavy atom. The molecule has 1 N–H and O–H groups in total. The highest BCUT2D eigenvalue weighted by molar-refractivity contribution is 7.99. The Morgan fingerprint density at radius 2 is 1.76 bits per heavy atom. The van der Waals surface area contributed by atoms with Crippen LogP contribution in [-0.2, 0) is 11.3 Å². The third kappa shape index (κ3) is 4.79. The maximum Gasteiger partial charge on any atom is 0.227 e. The topological polar surface area (TPSA) is 32.3 Å². The molecule has 132 valence electrons. The molecule has 0 bridgehead atoms. The number of benzene rings is 2. The normalized spacial score (nSPS) is 15.6. The number of thioether (sulfide) groups is 1. The summed E-state index contributed by atoms with van der Waals surface area (Å²) in [6, 6.07) is 18.6. The van der Waals surface area contributed by atoms with E-state index in [-0.39, 0.29) is 11.8 Å². The van der Waals surface area contributed by atoms with E-state index in [0.29, 0.717) is 6.54 Å². The SMILES string of the molecule is CC[C@H](C(=O)NCc1ccc(N2CCSCC2)cc1)c1ccccc1. The lowest BCUT2D eigenvalue weighted by Gasteiger charge is -2.28. The van der Waals surface area contributed by atoms with Crippen LogP contribution in [0.3, 0.4) is 0 Å². The molecule has 1 heterocycles. The highest BCUT2D eigenvalue weighted by Crippen LogP contribution is 2.21. The van der Waals surface area contributed by atoms with E-state index in [2.05, 4.69) is 41.4 Å². The third-order valence-corrected chi connectivity index (χ3v) is 5.65. The van der Waals surface area contributed by atoms with Crippen LogP contribution in [0.2, 0.25) is 0 Å². The maximum absolute atomic E-state index is 12.5. The molecule has 0 aromatic heterocycles. The van der Waals surface area contributed by atoms with Gasteiger partial charge in [-0.25, -0.2) is 0 Å². The van der Waals surface area contributed by atoms with Crippen LogP contribution in [0, 0.1) is 0 Å². The van der Waals surface area contributed by atoms with Gasteiger partial charge in [0.25, 0.3) is 0 Å². The average molecular weight is 355 g/mol. The summed E-state index contributed by atoms with van der Waals surface area (Å²) in [7, 11) is 0. The summed E-state index contributed by atoms with van der Waals surface area (Å²) in [5.74, 6) is 2.43. The first kappa shape index (κ1) is 17.9. The Balaban J connectivity index is 1.56. The number of carbonyl (C=O) groups is 1. The van der Waals surface area contributed by atoms with Gasteiger partial charge >= 0.3 is 0 Å². The molecule has 1 amide bonds. The molecular weight excluding hydrogens is 328 g/mol. The number of nitrogens with zero attached hydrogens (tertiary/aromatic N) is 1. The molecule has 0 radical (unpaired) electrons. The molecule has 4 heteroatoms. The molecule has 3 rings (SSSR count). The number of hydrogen-bond acceptors (Lipinski definition) is 3. The third-order valence-electron chi connectivity index (χ3n) is 4.71. The van der Waals surface area contributed by atoms with Gasteiger partial charge in [0.1, 0.15) is 0 Å². The molecule has 2 aromatic rings. The highest BCUT2D eigenvalue weighted by Gasteiger charge is 2.18. The van der Waals surface area contributed by atoms with Crippen molar-refractivity contribution in [3.8, 4) is 0 Å². The van der Waals surface area contributed by atoms with Crippen molar-refractivity contribution < 1.29 is 4.79 Å². The predicted molar refractivity (Wildman–Crippen MR) is 107 cm³/mol. The van der Waals surface area contributed by atoms with Crippen molar-refractivity contribution in [2.45, 2.75) is 25.8 Å². The monoisotopic (exact) mass is 354 g/mol. The van der Waals surface area contributed by atoms with Crippen molar-refractivity contribution in [1.29, 1.82) is 0 Å². The van der Waals surface area contributed by atoms with E-state index in [4.69, 9.17) is 0 Å². The lowest BCUT2D eigenvalue weighted by molar-refractivity contribution is -0.122. The van der Waals surface area contributed by atoms with Crippen LogP contribution in [0.5, 0.6) is 0 Å². The van der Waals surface area contributed by atoms with Gasteiger partial charge < -0.3 is 10.2 Å². The van der Waals surface area contributed by atoms with E-state index in [1.165, 1.54) is 17.2 Å². The quantitative estimate of drug-likeness (QED) is 0.849. The minimum absolute atomic E-state index is 0.0775. The minimum atomic E-state index is -0.0775. The van der Waals surface area contributed by atoms with Gasteiger partial charge in [0.15, 0.2) is 0 Å². The van der Waals surface area contributed by atoms with Crippen LogP contribution in [0.15, 0.2) is 54.6 Å². The van der Waals surface area contributed by atoms with Crippen molar-refractivity contribution in [3.63, 3.8) is 0 Å². The summed E-state index contributed by atoms with van der Waals surface area (Å²) in [5, 5.41) is 3.09. The van der Waals surface area contributed by atoms with Crippen molar-refractivity contribution in [2.75, 3.05) is 29.5 Å². The van der Waals surface area contributed by atoms with E-state index in [0.717, 1.165) is 30.6 Å². The van der Waals surface area contributed by atoms with Gasteiger partial charge in [-0.05, 0) is 29.7 Å². The van der Waals surface area contributed by atoms with Crippen LogP contribution in [0.1, 0.15) is 30.4 Å². The number of hydrogen-bond donors (Lipinski definition) is 1. The van der Waals surface area contributed by atoms with E-state index >= 15 is 0 Å². The lowest BCUT2D eigenvalue weighted by atomic mass is 9.95. The molecule has 0 aliphatic carbocycles. The van der Waals surface area contributed by atoms with E-state index < -0.39 is 0 Å². The van der Waals surface area contributed by atoms with Crippen LogP contribution < -0.4 is 10.2 Å². The highest BCUT2D eigenvalue weighted by atomic mass is 32.2. The molecule has 1 atom stereocenters. The molecule has 1 fully saturated rings. The molecular formula is C21H26N2OS. The van der Waals surface area contributed by atoms with Gasteiger partial charge in [0.05, 0.1) is 5.92 Å². The van der Waals surface area contributed by atoms with E-state index in [1.807, 2.05) is 42.1 Å². The summed E-state index contributed by atoms with van der Waals surface area (Å²) in [6.45, 7) is 4.88. The number of nitrogens with one attached hydrogen (secondary N) is 1. The Hall–Kier alpha value is -1.94. The minimum Gasteiger partial charge on any atom is -0.370 e. The van der Waals surface area contributed by atoms with Crippen molar-refractivity contribution >= 4 is 23.4 Å². The Kier molecular flexibility index (Phi) is 6.40. The number of carbonyl (C=O) groups excluding carboxylic acids is 1. The summed E-state index contributed by atoms with van der Waals surface area (Å²) < 4.78 is 0. The van der Waals surface area contributed by atoms with Crippen LogP contribution in [-0.4, -0.2) is 30.5 Å². The first-order valence-electron chi connectivity index (χ1n) is 9.02. The number of anilines is 1. The van der Waals surface area contributed by atoms with Gasteiger partial charge in [0.2, 0.25) is 5.91 Å². The standard InChI is InChI=1S/C21H26N2OS/c1-2-20(18-6-4-3-5-7-18)21(24)22-16-17-8-10-19(11-9-17)23-12-14-25-15-13-23/h3-11,20H,2,12-16H2,1H3,(H,22,24)/t20-/m0/s1. The fourth-order valence-electron chi connectivity index (χ4n) is 3.22. The molecule has 2 aromatic carbocycles.